The molecule has 1 aliphatic carbocycles. The van der Waals surface area contributed by atoms with Crippen LogP contribution < -0.4 is 0 Å². The fraction of sp³-hybridized carbons (Fsp3) is 0.583. The van der Waals surface area contributed by atoms with Crippen LogP contribution in [0, 0.1) is 11.8 Å². The molecule has 2 atom stereocenters. The van der Waals surface area contributed by atoms with Gasteiger partial charge in [0.25, 0.3) is 0 Å². The third-order valence-electron chi connectivity index (χ3n) is 3.46. The van der Waals surface area contributed by atoms with Crippen LogP contribution in [0.15, 0.2) is 18.3 Å². The molecule has 0 radical (unpaired) electrons. The van der Waals surface area contributed by atoms with Crippen LogP contribution in [-0.2, 0) is 6.54 Å². The summed E-state index contributed by atoms with van der Waals surface area (Å²) in [7, 11) is 0. The number of carbonyl (C=O) groups excluding carboxylic acids is 1. The summed E-state index contributed by atoms with van der Waals surface area (Å²) in [5, 5.41) is 0. The van der Waals surface area contributed by atoms with Crippen molar-refractivity contribution in [3.8, 4) is 0 Å². The van der Waals surface area contributed by atoms with Gasteiger partial charge < -0.3 is 4.57 Å². The van der Waals surface area contributed by atoms with Gasteiger partial charge in [-0.25, -0.2) is 0 Å². The van der Waals surface area contributed by atoms with Crippen molar-refractivity contribution in [2.45, 2.75) is 32.7 Å². The molecule has 2 heteroatoms. The monoisotopic (exact) mass is 191 g/mol. The number of rotatable bonds is 3. The van der Waals surface area contributed by atoms with Crippen LogP contribution >= 0.6 is 0 Å². The van der Waals surface area contributed by atoms with Gasteiger partial charge in [-0.05, 0) is 30.4 Å². The Morgan fingerprint density at radius 1 is 1.57 bits per heavy atom. The lowest BCUT2D eigenvalue weighted by atomic mass is 9.98. The van der Waals surface area contributed by atoms with Crippen LogP contribution in [0.2, 0.25) is 0 Å². The highest BCUT2D eigenvalue weighted by Gasteiger charge is 2.23. The van der Waals surface area contributed by atoms with Gasteiger partial charge in [-0.3, -0.25) is 4.79 Å². The molecule has 0 aliphatic heterocycles. The van der Waals surface area contributed by atoms with Crippen LogP contribution in [0.25, 0.3) is 0 Å². The molecule has 1 aromatic heterocycles. The molecule has 0 amide bonds. The Bertz CT molecular complexity index is 316. The van der Waals surface area contributed by atoms with E-state index in [1.165, 1.54) is 19.3 Å². The molecule has 1 heterocycles. The number of aldehydes is 1. The first-order chi connectivity index (χ1) is 6.81. The lowest BCUT2D eigenvalue weighted by Gasteiger charge is -2.16. The topological polar surface area (TPSA) is 22.0 Å². The smallest absolute Gasteiger partial charge is 0.166 e. The molecule has 2 rings (SSSR count). The van der Waals surface area contributed by atoms with Gasteiger partial charge in [0.2, 0.25) is 0 Å². The second-order valence-corrected chi connectivity index (χ2v) is 4.37. The van der Waals surface area contributed by atoms with Crippen molar-refractivity contribution in [1.29, 1.82) is 0 Å². The molecule has 2 unspecified atom stereocenters. The molecule has 0 saturated heterocycles. The van der Waals surface area contributed by atoms with Gasteiger partial charge in [-0.1, -0.05) is 19.8 Å². The van der Waals surface area contributed by atoms with Crippen LogP contribution in [0.5, 0.6) is 0 Å². The number of aromatic nitrogens is 1. The molecule has 1 fully saturated rings. The first kappa shape index (κ1) is 9.50. The minimum absolute atomic E-state index is 0.765. The molecule has 76 valence electrons. The van der Waals surface area contributed by atoms with Gasteiger partial charge >= 0.3 is 0 Å². The normalized spacial score (nSPS) is 26.6. The second kappa shape index (κ2) is 3.99. The molecule has 1 saturated carbocycles. The van der Waals surface area contributed by atoms with Gasteiger partial charge in [-0.15, -0.1) is 0 Å². The van der Waals surface area contributed by atoms with E-state index >= 15 is 0 Å². The molecular weight excluding hydrogens is 174 g/mol. The van der Waals surface area contributed by atoms with Gasteiger partial charge in [0.15, 0.2) is 6.29 Å². The summed E-state index contributed by atoms with van der Waals surface area (Å²) >= 11 is 0. The highest BCUT2D eigenvalue weighted by atomic mass is 16.1. The van der Waals surface area contributed by atoms with E-state index in [1.54, 1.807) is 0 Å². The third-order valence-corrected chi connectivity index (χ3v) is 3.46. The van der Waals surface area contributed by atoms with Crippen LogP contribution in [0.3, 0.4) is 0 Å². The van der Waals surface area contributed by atoms with E-state index in [-0.39, 0.29) is 0 Å². The van der Waals surface area contributed by atoms with E-state index in [0.29, 0.717) is 0 Å². The second-order valence-electron chi connectivity index (χ2n) is 4.37. The van der Waals surface area contributed by atoms with E-state index in [1.807, 2.05) is 18.3 Å². The number of nitrogens with zero attached hydrogens (tertiary/aromatic N) is 1. The van der Waals surface area contributed by atoms with Crippen molar-refractivity contribution in [2.24, 2.45) is 11.8 Å². The van der Waals surface area contributed by atoms with E-state index in [2.05, 4.69) is 11.5 Å². The Balaban J connectivity index is 2.06. The van der Waals surface area contributed by atoms with Gasteiger partial charge in [0.1, 0.15) is 0 Å². The predicted octanol–water partition coefficient (Wildman–Crippen LogP) is 2.74. The maximum atomic E-state index is 10.7. The molecule has 2 nitrogen and oxygen atoms in total. The van der Waals surface area contributed by atoms with Crippen molar-refractivity contribution in [3.63, 3.8) is 0 Å². The van der Waals surface area contributed by atoms with Crippen molar-refractivity contribution in [2.75, 3.05) is 0 Å². The van der Waals surface area contributed by atoms with Crippen LogP contribution in [0.1, 0.15) is 36.7 Å². The SMILES string of the molecule is CC1CCCC1Cn1cccc1C=O. The summed E-state index contributed by atoms with van der Waals surface area (Å²) < 4.78 is 2.08. The van der Waals surface area contributed by atoms with Crippen molar-refractivity contribution >= 4 is 6.29 Å². The summed E-state index contributed by atoms with van der Waals surface area (Å²) in [4.78, 5) is 10.7. The summed E-state index contributed by atoms with van der Waals surface area (Å²) in [6, 6.07) is 3.83. The highest BCUT2D eigenvalue weighted by molar-refractivity contribution is 5.72. The van der Waals surface area contributed by atoms with Crippen LogP contribution in [0.4, 0.5) is 0 Å². The van der Waals surface area contributed by atoms with Gasteiger partial charge in [0.05, 0.1) is 5.69 Å². The highest BCUT2D eigenvalue weighted by Crippen LogP contribution is 2.32. The fourth-order valence-corrected chi connectivity index (χ4v) is 2.45. The van der Waals surface area contributed by atoms with E-state index in [0.717, 1.165) is 30.4 Å². The Morgan fingerprint density at radius 2 is 2.43 bits per heavy atom. The summed E-state index contributed by atoms with van der Waals surface area (Å²) in [5.41, 5.74) is 0.809. The first-order valence-corrected chi connectivity index (χ1v) is 5.41. The molecular formula is C12H17NO. The average Bonchev–Trinajstić information content (AvgIpc) is 2.77. The quantitative estimate of drug-likeness (QED) is 0.673. The molecule has 1 aromatic rings. The molecule has 0 aromatic carbocycles. The third kappa shape index (κ3) is 1.74. The minimum Gasteiger partial charge on any atom is -0.345 e. The summed E-state index contributed by atoms with van der Waals surface area (Å²) in [5.74, 6) is 1.58. The first-order valence-electron chi connectivity index (χ1n) is 5.41. The maximum absolute atomic E-state index is 10.7. The fourth-order valence-electron chi connectivity index (χ4n) is 2.45. The van der Waals surface area contributed by atoms with Crippen molar-refractivity contribution in [3.05, 3.63) is 24.0 Å². The molecule has 0 spiro atoms. The summed E-state index contributed by atoms with van der Waals surface area (Å²) in [6.45, 7) is 3.34. The van der Waals surface area contributed by atoms with Crippen molar-refractivity contribution in [1.82, 2.24) is 4.57 Å². The Hall–Kier alpha value is -1.05. The lowest BCUT2D eigenvalue weighted by Crippen LogP contribution is -2.14. The molecule has 14 heavy (non-hydrogen) atoms. The van der Waals surface area contributed by atoms with Crippen molar-refractivity contribution < 1.29 is 4.79 Å². The number of hydrogen-bond acceptors (Lipinski definition) is 1. The zero-order valence-corrected chi connectivity index (χ0v) is 8.65. The number of hydrogen-bond donors (Lipinski definition) is 0. The Morgan fingerprint density at radius 3 is 3.07 bits per heavy atom. The zero-order valence-electron chi connectivity index (χ0n) is 8.65. The largest absolute Gasteiger partial charge is 0.345 e. The molecule has 0 N–H and O–H groups in total. The van der Waals surface area contributed by atoms with Gasteiger partial charge in [-0.2, -0.15) is 0 Å². The van der Waals surface area contributed by atoms with Gasteiger partial charge in [0, 0.05) is 12.7 Å². The number of carbonyl (C=O) groups is 1. The van der Waals surface area contributed by atoms with Crippen LogP contribution in [-0.4, -0.2) is 10.9 Å². The zero-order chi connectivity index (χ0) is 9.97. The minimum atomic E-state index is 0.765. The Labute approximate surface area is 84.9 Å². The lowest BCUT2D eigenvalue weighted by molar-refractivity contribution is 0.111. The predicted molar refractivity (Wildman–Crippen MR) is 56.3 cm³/mol. The van der Waals surface area contributed by atoms with E-state index in [9.17, 15) is 4.79 Å². The molecule has 1 aliphatic rings. The van der Waals surface area contributed by atoms with E-state index < -0.39 is 0 Å². The maximum Gasteiger partial charge on any atom is 0.166 e. The summed E-state index contributed by atoms with van der Waals surface area (Å²) in [6.07, 6.45) is 6.97. The Kier molecular flexibility index (Phi) is 2.71. The average molecular weight is 191 g/mol. The molecule has 0 bridgehead atoms. The standard InChI is InChI=1S/C12H17NO/c1-10-4-2-5-11(10)8-13-7-3-6-12(13)9-14/h3,6-7,9-11H,2,4-5,8H2,1H3. The van der Waals surface area contributed by atoms with E-state index in [4.69, 9.17) is 0 Å².